The van der Waals surface area contributed by atoms with Gasteiger partial charge in [-0.15, -0.1) is 0 Å². The van der Waals surface area contributed by atoms with Gasteiger partial charge in [-0.1, -0.05) is 11.6 Å². The second kappa shape index (κ2) is 4.14. The lowest BCUT2D eigenvalue weighted by atomic mass is 10.2. The highest BCUT2D eigenvalue weighted by atomic mass is 35.5. The number of aromatic nitrogens is 2. The molecule has 2 nitrogen and oxygen atoms in total. The number of halogens is 1. The molecule has 2 aromatic heterocycles. The normalized spacial score (nSPS) is 11.1. The number of hydrogen-bond acceptors (Lipinski definition) is 1. The van der Waals surface area contributed by atoms with Crippen molar-refractivity contribution >= 4 is 22.5 Å². The van der Waals surface area contributed by atoms with E-state index in [1.165, 1.54) is 11.4 Å². The van der Waals surface area contributed by atoms with E-state index in [4.69, 9.17) is 11.6 Å². The quantitative estimate of drug-likeness (QED) is 0.635. The van der Waals surface area contributed by atoms with Crippen molar-refractivity contribution in [3.05, 3.63) is 59.0 Å². The maximum atomic E-state index is 6.22. The van der Waals surface area contributed by atoms with Gasteiger partial charge in [0.15, 0.2) is 0 Å². The Labute approximate surface area is 111 Å². The Kier molecular flexibility index (Phi) is 2.60. The molecule has 90 valence electrons. The SMILES string of the molecule is Cc1ccc(C)n1-c1ccc(Cl)c2cccnc12. The molecule has 2 heterocycles. The number of nitrogens with zero attached hydrogens (tertiary/aromatic N) is 2. The highest BCUT2D eigenvalue weighted by molar-refractivity contribution is 6.35. The Bertz CT molecular complexity index is 709. The molecule has 3 aromatic rings. The summed E-state index contributed by atoms with van der Waals surface area (Å²) in [5.41, 5.74) is 4.41. The fraction of sp³-hybridized carbons (Fsp3) is 0.133. The van der Waals surface area contributed by atoms with Gasteiger partial charge in [-0.25, -0.2) is 0 Å². The maximum Gasteiger partial charge on any atom is 0.0957 e. The predicted molar refractivity (Wildman–Crippen MR) is 75.6 cm³/mol. The van der Waals surface area contributed by atoms with Crippen LogP contribution < -0.4 is 0 Å². The minimum Gasteiger partial charge on any atom is -0.316 e. The monoisotopic (exact) mass is 256 g/mol. The van der Waals surface area contributed by atoms with Gasteiger partial charge in [-0.05, 0) is 50.2 Å². The molecule has 0 amide bonds. The summed E-state index contributed by atoms with van der Waals surface area (Å²) in [6, 6.07) is 12.1. The molecule has 3 rings (SSSR count). The van der Waals surface area contributed by atoms with Crippen molar-refractivity contribution in [2.75, 3.05) is 0 Å². The van der Waals surface area contributed by atoms with Gasteiger partial charge in [-0.2, -0.15) is 0 Å². The summed E-state index contributed by atoms with van der Waals surface area (Å²) < 4.78 is 2.20. The van der Waals surface area contributed by atoms with Crippen molar-refractivity contribution < 1.29 is 0 Å². The van der Waals surface area contributed by atoms with E-state index in [-0.39, 0.29) is 0 Å². The van der Waals surface area contributed by atoms with Crippen molar-refractivity contribution in [1.82, 2.24) is 9.55 Å². The molecule has 1 aromatic carbocycles. The molecule has 0 aliphatic carbocycles. The van der Waals surface area contributed by atoms with E-state index in [0.717, 1.165) is 21.6 Å². The highest BCUT2D eigenvalue weighted by Crippen LogP contribution is 2.28. The largest absolute Gasteiger partial charge is 0.316 e. The fourth-order valence-corrected chi connectivity index (χ4v) is 2.57. The van der Waals surface area contributed by atoms with Crippen molar-refractivity contribution in [2.45, 2.75) is 13.8 Å². The number of aryl methyl sites for hydroxylation is 2. The Morgan fingerprint density at radius 1 is 1.00 bits per heavy atom. The van der Waals surface area contributed by atoms with Crippen LogP contribution in [0.1, 0.15) is 11.4 Å². The van der Waals surface area contributed by atoms with E-state index in [0.29, 0.717) is 0 Å². The van der Waals surface area contributed by atoms with E-state index >= 15 is 0 Å². The second-order valence-corrected chi connectivity index (χ2v) is 4.82. The summed E-state index contributed by atoms with van der Waals surface area (Å²) in [7, 11) is 0. The first-order chi connectivity index (χ1) is 8.68. The molecule has 0 aliphatic rings. The summed E-state index contributed by atoms with van der Waals surface area (Å²) in [5, 5.41) is 1.73. The molecular formula is C15H13ClN2. The molecule has 0 radical (unpaired) electrons. The van der Waals surface area contributed by atoms with Crippen LogP contribution in [0.2, 0.25) is 5.02 Å². The molecule has 0 spiro atoms. The second-order valence-electron chi connectivity index (χ2n) is 4.42. The van der Waals surface area contributed by atoms with E-state index < -0.39 is 0 Å². The van der Waals surface area contributed by atoms with E-state index in [1.54, 1.807) is 6.20 Å². The van der Waals surface area contributed by atoms with E-state index in [1.807, 2.05) is 24.3 Å². The summed E-state index contributed by atoms with van der Waals surface area (Å²) in [6.45, 7) is 4.19. The molecule has 0 saturated heterocycles. The van der Waals surface area contributed by atoms with Crippen LogP contribution in [0.15, 0.2) is 42.6 Å². The van der Waals surface area contributed by atoms with Crippen LogP contribution >= 0.6 is 11.6 Å². The third-order valence-electron chi connectivity index (χ3n) is 3.21. The number of benzene rings is 1. The van der Waals surface area contributed by atoms with Gasteiger partial charge < -0.3 is 4.57 Å². The van der Waals surface area contributed by atoms with Gasteiger partial charge in [0.2, 0.25) is 0 Å². The first kappa shape index (κ1) is 11.3. The van der Waals surface area contributed by atoms with Crippen LogP contribution in [0.5, 0.6) is 0 Å². The zero-order valence-corrected chi connectivity index (χ0v) is 11.1. The van der Waals surface area contributed by atoms with Crippen LogP contribution in [0.3, 0.4) is 0 Å². The van der Waals surface area contributed by atoms with Crippen molar-refractivity contribution in [3.63, 3.8) is 0 Å². The highest BCUT2D eigenvalue weighted by Gasteiger charge is 2.10. The molecule has 0 atom stereocenters. The number of fused-ring (bicyclic) bond motifs is 1. The van der Waals surface area contributed by atoms with Crippen LogP contribution in [0, 0.1) is 13.8 Å². The lowest BCUT2D eigenvalue weighted by molar-refractivity contribution is 0.970. The maximum absolute atomic E-state index is 6.22. The third-order valence-corrected chi connectivity index (χ3v) is 3.54. The van der Waals surface area contributed by atoms with E-state index in [9.17, 15) is 0 Å². The van der Waals surface area contributed by atoms with Gasteiger partial charge in [0.05, 0.1) is 16.2 Å². The topological polar surface area (TPSA) is 17.8 Å². The minimum absolute atomic E-state index is 0.740. The van der Waals surface area contributed by atoms with Crippen LogP contribution in [0.4, 0.5) is 0 Å². The van der Waals surface area contributed by atoms with Gasteiger partial charge in [-0.3, -0.25) is 4.98 Å². The van der Waals surface area contributed by atoms with Gasteiger partial charge in [0, 0.05) is 23.0 Å². The zero-order chi connectivity index (χ0) is 12.7. The summed E-state index contributed by atoms with van der Waals surface area (Å²) in [4.78, 5) is 4.47. The Morgan fingerprint density at radius 2 is 1.72 bits per heavy atom. The van der Waals surface area contributed by atoms with Crippen LogP contribution in [-0.4, -0.2) is 9.55 Å². The van der Waals surface area contributed by atoms with Crippen LogP contribution in [0.25, 0.3) is 16.6 Å². The molecule has 0 saturated carbocycles. The molecule has 3 heteroatoms. The van der Waals surface area contributed by atoms with Crippen LogP contribution in [-0.2, 0) is 0 Å². The van der Waals surface area contributed by atoms with Gasteiger partial charge >= 0.3 is 0 Å². The lowest BCUT2D eigenvalue weighted by Crippen LogP contribution is -2.00. The van der Waals surface area contributed by atoms with Crippen molar-refractivity contribution in [2.24, 2.45) is 0 Å². The Morgan fingerprint density at radius 3 is 2.44 bits per heavy atom. The minimum atomic E-state index is 0.740. The van der Waals surface area contributed by atoms with Gasteiger partial charge in [0.1, 0.15) is 0 Å². The summed E-state index contributed by atoms with van der Waals surface area (Å²) >= 11 is 6.22. The average molecular weight is 257 g/mol. The molecule has 18 heavy (non-hydrogen) atoms. The molecule has 0 unspecified atom stereocenters. The summed E-state index contributed by atoms with van der Waals surface area (Å²) in [6.07, 6.45) is 1.80. The Balaban J connectivity index is 2.41. The van der Waals surface area contributed by atoms with E-state index in [2.05, 4.69) is 35.5 Å². The number of pyridine rings is 1. The lowest BCUT2D eigenvalue weighted by Gasteiger charge is -2.12. The first-order valence-electron chi connectivity index (χ1n) is 5.87. The third kappa shape index (κ3) is 1.61. The average Bonchev–Trinajstić information content (AvgIpc) is 2.71. The number of hydrogen-bond donors (Lipinski definition) is 0. The fourth-order valence-electron chi connectivity index (χ4n) is 2.35. The van der Waals surface area contributed by atoms with Crippen molar-refractivity contribution in [1.29, 1.82) is 0 Å². The molecule has 0 fully saturated rings. The standard InChI is InChI=1S/C15H13ClN2/c1-10-5-6-11(2)18(10)14-8-7-13(16)12-4-3-9-17-15(12)14/h3-9H,1-2H3. The predicted octanol–water partition coefficient (Wildman–Crippen LogP) is 4.30. The first-order valence-corrected chi connectivity index (χ1v) is 6.25. The number of rotatable bonds is 1. The smallest absolute Gasteiger partial charge is 0.0957 e. The Hall–Kier alpha value is -1.80. The molecule has 0 bridgehead atoms. The van der Waals surface area contributed by atoms with Crippen molar-refractivity contribution in [3.8, 4) is 5.69 Å². The molecular weight excluding hydrogens is 244 g/mol. The molecule has 0 aliphatic heterocycles. The van der Waals surface area contributed by atoms with Gasteiger partial charge in [0.25, 0.3) is 0 Å². The molecule has 0 N–H and O–H groups in total. The summed E-state index contributed by atoms with van der Waals surface area (Å²) in [5.74, 6) is 0. The zero-order valence-electron chi connectivity index (χ0n) is 10.3.